The van der Waals surface area contributed by atoms with Crippen LogP contribution in [0.3, 0.4) is 0 Å². The Morgan fingerprint density at radius 1 is 1.26 bits per heavy atom. The van der Waals surface area contributed by atoms with Crippen molar-refractivity contribution >= 4 is 27.3 Å². The van der Waals surface area contributed by atoms with Crippen molar-refractivity contribution in [2.75, 3.05) is 32.8 Å². The number of rotatable bonds is 7. The monoisotopic (exact) mass is 410 g/mol. The van der Waals surface area contributed by atoms with Crippen molar-refractivity contribution in [1.29, 1.82) is 0 Å². The molecule has 1 aliphatic heterocycles. The molecule has 0 radical (unpaired) electrons. The van der Waals surface area contributed by atoms with Crippen LogP contribution in [0.25, 0.3) is 0 Å². The zero-order valence-electron chi connectivity index (χ0n) is 14.8. The fraction of sp³-hybridized carbons (Fsp3) is 0.412. The fourth-order valence-corrected chi connectivity index (χ4v) is 4.03. The van der Waals surface area contributed by atoms with E-state index in [0.717, 1.165) is 43.4 Å². The number of hydrogen-bond donors (Lipinski definition) is 2. The summed E-state index contributed by atoms with van der Waals surface area (Å²) in [5.41, 5.74) is 1.34. The van der Waals surface area contributed by atoms with Crippen molar-refractivity contribution in [3.63, 3.8) is 0 Å². The van der Waals surface area contributed by atoms with Crippen LogP contribution in [-0.4, -0.2) is 57.1 Å². The third-order valence-corrected chi connectivity index (χ3v) is 5.96. The van der Waals surface area contributed by atoms with E-state index in [1.807, 2.05) is 0 Å². The molecule has 1 fully saturated rings. The van der Waals surface area contributed by atoms with Crippen LogP contribution in [0.5, 0.6) is 0 Å². The molecule has 10 heteroatoms. The van der Waals surface area contributed by atoms with Crippen molar-refractivity contribution in [3.8, 4) is 0 Å². The number of thiazole rings is 1. The summed E-state index contributed by atoms with van der Waals surface area (Å²) in [6, 6.07) is 6.31. The van der Waals surface area contributed by atoms with E-state index >= 15 is 0 Å². The quantitative estimate of drug-likeness (QED) is 0.691. The minimum absolute atomic E-state index is 0.0746. The molecule has 0 bridgehead atoms. The van der Waals surface area contributed by atoms with E-state index in [1.165, 1.54) is 23.5 Å². The summed E-state index contributed by atoms with van der Waals surface area (Å²) in [7, 11) is -3.69. The first-order valence-corrected chi connectivity index (χ1v) is 11.0. The van der Waals surface area contributed by atoms with Gasteiger partial charge in [0.05, 0.1) is 24.7 Å². The summed E-state index contributed by atoms with van der Waals surface area (Å²) >= 11 is 1.48. The highest BCUT2D eigenvalue weighted by Crippen LogP contribution is 2.14. The highest BCUT2D eigenvalue weighted by molar-refractivity contribution is 7.89. The average Bonchev–Trinajstić information content (AvgIpc) is 3.11. The second kappa shape index (κ2) is 8.89. The Morgan fingerprint density at radius 2 is 1.96 bits per heavy atom. The van der Waals surface area contributed by atoms with Gasteiger partial charge in [-0.3, -0.25) is 9.69 Å². The molecule has 2 heterocycles. The average molecular weight is 411 g/mol. The number of hydrogen-bond acceptors (Lipinski definition) is 7. The van der Waals surface area contributed by atoms with Gasteiger partial charge in [0.25, 0.3) is 5.91 Å². The number of primary sulfonamides is 1. The van der Waals surface area contributed by atoms with Crippen molar-refractivity contribution in [2.45, 2.75) is 17.9 Å². The summed E-state index contributed by atoms with van der Waals surface area (Å²) in [6.45, 7) is 4.39. The van der Waals surface area contributed by atoms with E-state index in [2.05, 4.69) is 15.2 Å². The molecule has 27 heavy (non-hydrogen) atoms. The third kappa shape index (κ3) is 5.81. The molecule has 3 N–H and O–H groups in total. The predicted octanol–water partition coefficient (Wildman–Crippen LogP) is 0.595. The van der Waals surface area contributed by atoms with Gasteiger partial charge < -0.3 is 10.1 Å². The Morgan fingerprint density at radius 3 is 2.63 bits per heavy atom. The highest BCUT2D eigenvalue weighted by atomic mass is 32.2. The number of morpholine rings is 1. The van der Waals surface area contributed by atoms with E-state index < -0.39 is 10.0 Å². The summed E-state index contributed by atoms with van der Waals surface area (Å²) < 4.78 is 27.8. The molecule has 0 unspecified atom stereocenters. The van der Waals surface area contributed by atoms with Crippen LogP contribution < -0.4 is 10.5 Å². The lowest BCUT2D eigenvalue weighted by Gasteiger charge is -2.25. The van der Waals surface area contributed by atoms with E-state index in [0.29, 0.717) is 18.7 Å². The van der Waals surface area contributed by atoms with Crippen molar-refractivity contribution < 1.29 is 17.9 Å². The van der Waals surface area contributed by atoms with Crippen LogP contribution in [0.1, 0.15) is 21.1 Å². The SMILES string of the molecule is NS(=O)(=O)c1ccc(CCNC(=O)c2csc(CN3CCOCC3)n2)cc1. The Balaban J connectivity index is 1.46. The summed E-state index contributed by atoms with van der Waals surface area (Å²) in [6.07, 6.45) is 0.585. The van der Waals surface area contributed by atoms with Gasteiger partial charge >= 0.3 is 0 Å². The number of nitrogens with one attached hydrogen (secondary N) is 1. The number of nitrogens with two attached hydrogens (primary N) is 1. The Hall–Kier alpha value is -1.85. The summed E-state index contributed by atoms with van der Waals surface area (Å²) in [5, 5.41) is 10.6. The van der Waals surface area contributed by atoms with Gasteiger partial charge in [-0.15, -0.1) is 11.3 Å². The molecule has 8 nitrogen and oxygen atoms in total. The molecule has 3 rings (SSSR count). The Kier molecular flexibility index (Phi) is 6.55. The third-order valence-electron chi connectivity index (χ3n) is 4.20. The molecule has 1 amide bonds. The van der Waals surface area contributed by atoms with Crippen molar-refractivity contribution in [3.05, 3.63) is 45.9 Å². The van der Waals surface area contributed by atoms with E-state index in [1.54, 1.807) is 17.5 Å². The minimum Gasteiger partial charge on any atom is -0.379 e. The van der Waals surface area contributed by atoms with Crippen LogP contribution in [0.15, 0.2) is 34.5 Å². The first kappa shape index (κ1) is 19.9. The van der Waals surface area contributed by atoms with Crippen LogP contribution in [0, 0.1) is 0 Å². The van der Waals surface area contributed by atoms with E-state index in [9.17, 15) is 13.2 Å². The maximum atomic E-state index is 12.2. The van der Waals surface area contributed by atoms with Crippen LogP contribution in [-0.2, 0) is 27.7 Å². The summed E-state index contributed by atoms with van der Waals surface area (Å²) in [5.74, 6) is -0.208. The topological polar surface area (TPSA) is 115 Å². The molecule has 1 aromatic heterocycles. The van der Waals surface area contributed by atoms with Gasteiger partial charge in [0, 0.05) is 25.0 Å². The van der Waals surface area contributed by atoms with Crippen molar-refractivity contribution in [2.24, 2.45) is 5.14 Å². The lowest BCUT2D eigenvalue weighted by atomic mass is 10.1. The van der Waals surface area contributed by atoms with Gasteiger partial charge in [0.15, 0.2) is 0 Å². The zero-order valence-corrected chi connectivity index (χ0v) is 16.4. The lowest BCUT2D eigenvalue weighted by Crippen LogP contribution is -2.35. The number of amides is 1. The lowest BCUT2D eigenvalue weighted by molar-refractivity contribution is 0.0341. The minimum atomic E-state index is -3.69. The largest absolute Gasteiger partial charge is 0.379 e. The van der Waals surface area contributed by atoms with Crippen molar-refractivity contribution in [1.82, 2.24) is 15.2 Å². The number of carbonyl (C=O) groups is 1. The standard InChI is InChI=1S/C17H22N4O4S2/c18-27(23,24)14-3-1-13(2-4-14)5-6-19-17(22)15-12-26-16(20-15)11-21-7-9-25-10-8-21/h1-4,12H,5-11H2,(H,19,22)(H2,18,23,24). The molecule has 1 aliphatic rings. The van der Waals surface area contributed by atoms with Gasteiger partial charge in [0.1, 0.15) is 10.7 Å². The molecule has 146 valence electrons. The molecule has 2 aromatic rings. The molecule has 0 aliphatic carbocycles. The molecule has 0 atom stereocenters. The first-order valence-electron chi connectivity index (χ1n) is 8.56. The number of ether oxygens (including phenoxy) is 1. The van der Waals surface area contributed by atoms with Gasteiger partial charge in [0.2, 0.25) is 10.0 Å². The second-order valence-corrected chi connectivity index (χ2v) is 8.71. The first-order chi connectivity index (χ1) is 12.9. The fourth-order valence-electron chi connectivity index (χ4n) is 2.70. The molecular formula is C17H22N4O4S2. The predicted molar refractivity (Wildman–Crippen MR) is 102 cm³/mol. The van der Waals surface area contributed by atoms with Crippen LogP contribution >= 0.6 is 11.3 Å². The van der Waals surface area contributed by atoms with Gasteiger partial charge in [-0.25, -0.2) is 18.5 Å². The number of benzene rings is 1. The number of nitrogens with zero attached hydrogens (tertiary/aromatic N) is 2. The second-order valence-electron chi connectivity index (χ2n) is 6.21. The maximum Gasteiger partial charge on any atom is 0.270 e. The van der Waals surface area contributed by atoms with Gasteiger partial charge in [-0.1, -0.05) is 12.1 Å². The van der Waals surface area contributed by atoms with Gasteiger partial charge in [-0.05, 0) is 24.1 Å². The smallest absolute Gasteiger partial charge is 0.270 e. The normalized spacial score (nSPS) is 15.6. The molecule has 1 aromatic carbocycles. The zero-order chi connectivity index (χ0) is 19.3. The number of sulfonamides is 1. The van der Waals surface area contributed by atoms with E-state index in [-0.39, 0.29) is 10.8 Å². The number of carbonyl (C=O) groups excluding carboxylic acids is 1. The van der Waals surface area contributed by atoms with Crippen LogP contribution in [0.2, 0.25) is 0 Å². The molecule has 0 saturated carbocycles. The number of aromatic nitrogens is 1. The molecule has 0 spiro atoms. The van der Waals surface area contributed by atoms with Gasteiger partial charge in [-0.2, -0.15) is 0 Å². The van der Waals surface area contributed by atoms with E-state index in [4.69, 9.17) is 9.88 Å². The molecule has 1 saturated heterocycles. The summed E-state index contributed by atoms with van der Waals surface area (Å²) in [4.78, 5) is 19.0. The Bertz CT molecular complexity index is 875. The molecular weight excluding hydrogens is 388 g/mol. The highest BCUT2D eigenvalue weighted by Gasteiger charge is 2.15. The Labute approximate surface area is 162 Å². The maximum absolute atomic E-state index is 12.2. The van der Waals surface area contributed by atoms with Crippen LogP contribution in [0.4, 0.5) is 0 Å².